The maximum absolute atomic E-state index is 11.8. The molecule has 0 unspecified atom stereocenters. The lowest BCUT2D eigenvalue weighted by Gasteiger charge is -2.14. The minimum Gasteiger partial charge on any atom is -0.452 e. The van der Waals surface area contributed by atoms with E-state index in [0.29, 0.717) is 10.6 Å². The Balaban J connectivity index is 1.84. The number of hydrogen-bond acceptors (Lipinski definition) is 3. The quantitative estimate of drug-likeness (QED) is 0.860. The van der Waals surface area contributed by atoms with Gasteiger partial charge < -0.3 is 10.1 Å². The molecule has 0 saturated heterocycles. The first kappa shape index (κ1) is 16.0. The summed E-state index contributed by atoms with van der Waals surface area (Å²) in [7, 11) is 0. The second kappa shape index (κ2) is 7.61. The van der Waals surface area contributed by atoms with Gasteiger partial charge in [0.2, 0.25) is 0 Å². The average Bonchev–Trinajstić information content (AvgIpc) is 2.53. The topological polar surface area (TPSA) is 55.4 Å². The largest absolute Gasteiger partial charge is 0.452 e. The van der Waals surface area contributed by atoms with Crippen LogP contribution in [0.3, 0.4) is 0 Å². The van der Waals surface area contributed by atoms with Gasteiger partial charge in [-0.3, -0.25) is 4.79 Å². The number of benzene rings is 2. The Hall–Kier alpha value is -2.33. The van der Waals surface area contributed by atoms with Crippen molar-refractivity contribution in [1.82, 2.24) is 5.32 Å². The van der Waals surface area contributed by atoms with Crippen molar-refractivity contribution in [2.45, 2.75) is 13.0 Å². The molecule has 1 atom stereocenters. The van der Waals surface area contributed by atoms with Crippen molar-refractivity contribution in [2.75, 3.05) is 6.61 Å². The first-order valence-electron chi connectivity index (χ1n) is 6.83. The van der Waals surface area contributed by atoms with Crippen LogP contribution in [0.25, 0.3) is 0 Å². The molecular formula is C17H16ClNO3. The van der Waals surface area contributed by atoms with Crippen LogP contribution in [-0.2, 0) is 9.53 Å². The van der Waals surface area contributed by atoms with Crippen LogP contribution >= 0.6 is 11.6 Å². The second-order valence-corrected chi connectivity index (χ2v) is 5.22. The van der Waals surface area contributed by atoms with Crippen LogP contribution < -0.4 is 5.32 Å². The van der Waals surface area contributed by atoms with Crippen molar-refractivity contribution in [3.05, 3.63) is 70.7 Å². The highest BCUT2D eigenvalue weighted by molar-refractivity contribution is 6.30. The lowest BCUT2D eigenvalue weighted by molar-refractivity contribution is -0.124. The smallest absolute Gasteiger partial charge is 0.338 e. The molecule has 0 radical (unpaired) electrons. The Morgan fingerprint density at radius 1 is 1.14 bits per heavy atom. The summed E-state index contributed by atoms with van der Waals surface area (Å²) in [5.41, 5.74) is 1.30. The molecule has 114 valence electrons. The summed E-state index contributed by atoms with van der Waals surface area (Å²) in [6.45, 7) is 1.54. The van der Waals surface area contributed by atoms with Gasteiger partial charge in [-0.25, -0.2) is 4.79 Å². The minimum atomic E-state index is -0.579. The third-order valence-corrected chi connectivity index (χ3v) is 3.31. The molecule has 1 amide bonds. The normalized spacial score (nSPS) is 11.5. The first-order valence-corrected chi connectivity index (χ1v) is 7.21. The lowest BCUT2D eigenvalue weighted by atomic mass is 10.1. The molecule has 4 nitrogen and oxygen atoms in total. The van der Waals surface area contributed by atoms with Crippen LogP contribution in [0.2, 0.25) is 5.02 Å². The van der Waals surface area contributed by atoms with Crippen LogP contribution in [0.5, 0.6) is 0 Å². The maximum atomic E-state index is 11.8. The number of ether oxygens (including phenoxy) is 1. The van der Waals surface area contributed by atoms with E-state index in [4.69, 9.17) is 16.3 Å². The molecule has 5 heteroatoms. The Bertz CT molecular complexity index is 658. The zero-order valence-electron chi connectivity index (χ0n) is 12.1. The highest BCUT2D eigenvalue weighted by Crippen LogP contribution is 2.12. The van der Waals surface area contributed by atoms with Gasteiger partial charge in [-0.05, 0) is 30.7 Å². The van der Waals surface area contributed by atoms with Gasteiger partial charge in [0.1, 0.15) is 0 Å². The van der Waals surface area contributed by atoms with E-state index < -0.39 is 5.97 Å². The Morgan fingerprint density at radius 2 is 1.86 bits per heavy atom. The molecule has 0 fully saturated rings. The maximum Gasteiger partial charge on any atom is 0.338 e. The van der Waals surface area contributed by atoms with Gasteiger partial charge in [0, 0.05) is 5.02 Å². The standard InChI is InChI=1S/C17H16ClNO3/c1-12(13-6-3-2-4-7-13)19-16(20)11-22-17(21)14-8-5-9-15(18)10-14/h2-10,12H,11H2,1H3,(H,19,20)/t12-/m0/s1. The van der Waals surface area contributed by atoms with Crippen LogP contribution in [0.1, 0.15) is 28.9 Å². The molecular weight excluding hydrogens is 302 g/mol. The fraction of sp³-hybridized carbons (Fsp3) is 0.176. The minimum absolute atomic E-state index is 0.154. The molecule has 0 aliphatic carbocycles. The predicted molar refractivity (Wildman–Crippen MR) is 84.7 cm³/mol. The molecule has 0 bridgehead atoms. The number of carbonyl (C=O) groups excluding carboxylic acids is 2. The zero-order valence-corrected chi connectivity index (χ0v) is 12.8. The van der Waals surface area contributed by atoms with Crippen LogP contribution in [-0.4, -0.2) is 18.5 Å². The first-order chi connectivity index (χ1) is 10.6. The molecule has 0 heterocycles. The summed E-state index contributed by atoms with van der Waals surface area (Å²) < 4.78 is 4.97. The van der Waals surface area contributed by atoms with Crippen molar-refractivity contribution in [2.24, 2.45) is 0 Å². The van der Waals surface area contributed by atoms with Crippen molar-refractivity contribution in [3.8, 4) is 0 Å². The number of nitrogens with one attached hydrogen (secondary N) is 1. The lowest BCUT2D eigenvalue weighted by Crippen LogP contribution is -2.31. The molecule has 2 aromatic carbocycles. The van der Waals surface area contributed by atoms with E-state index in [2.05, 4.69) is 5.32 Å². The number of esters is 1. The molecule has 22 heavy (non-hydrogen) atoms. The summed E-state index contributed by atoms with van der Waals surface area (Å²) >= 11 is 5.80. The van der Waals surface area contributed by atoms with E-state index in [1.165, 1.54) is 6.07 Å². The second-order valence-electron chi connectivity index (χ2n) is 4.79. The third-order valence-electron chi connectivity index (χ3n) is 3.07. The van der Waals surface area contributed by atoms with Gasteiger partial charge in [0.25, 0.3) is 5.91 Å². The van der Waals surface area contributed by atoms with Crippen molar-refractivity contribution >= 4 is 23.5 Å². The summed E-state index contributed by atoms with van der Waals surface area (Å²) in [5, 5.41) is 3.21. The average molecular weight is 318 g/mol. The van der Waals surface area contributed by atoms with E-state index in [9.17, 15) is 9.59 Å². The summed E-state index contributed by atoms with van der Waals surface area (Å²) in [6.07, 6.45) is 0. The number of carbonyl (C=O) groups is 2. The van der Waals surface area contributed by atoms with Crippen LogP contribution in [0.4, 0.5) is 0 Å². The molecule has 1 N–H and O–H groups in total. The number of hydrogen-bond donors (Lipinski definition) is 1. The van der Waals surface area contributed by atoms with Crippen molar-refractivity contribution in [1.29, 1.82) is 0 Å². The summed E-state index contributed by atoms with van der Waals surface area (Å²) in [6, 6.07) is 15.8. The van der Waals surface area contributed by atoms with E-state index in [0.717, 1.165) is 5.56 Å². The summed E-state index contributed by atoms with van der Waals surface area (Å²) in [5.74, 6) is -0.934. The van der Waals surface area contributed by atoms with E-state index >= 15 is 0 Å². The third kappa shape index (κ3) is 4.60. The number of rotatable bonds is 5. The molecule has 0 aliphatic rings. The fourth-order valence-electron chi connectivity index (χ4n) is 1.94. The molecule has 0 spiro atoms. The van der Waals surface area contributed by atoms with Crippen LogP contribution in [0, 0.1) is 0 Å². The monoisotopic (exact) mass is 317 g/mol. The van der Waals surface area contributed by atoms with Crippen molar-refractivity contribution < 1.29 is 14.3 Å². The highest BCUT2D eigenvalue weighted by atomic mass is 35.5. The Morgan fingerprint density at radius 3 is 2.55 bits per heavy atom. The molecule has 0 aromatic heterocycles. The Kier molecular flexibility index (Phi) is 5.55. The van der Waals surface area contributed by atoms with E-state index in [-0.39, 0.29) is 18.6 Å². The van der Waals surface area contributed by atoms with E-state index in [1.54, 1.807) is 18.2 Å². The highest BCUT2D eigenvalue weighted by Gasteiger charge is 2.13. The van der Waals surface area contributed by atoms with Crippen molar-refractivity contribution in [3.63, 3.8) is 0 Å². The van der Waals surface area contributed by atoms with E-state index in [1.807, 2.05) is 37.3 Å². The number of halogens is 1. The molecule has 0 saturated carbocycles. The van der Waals surface area contributed by atoms with Gasteiger partial charge in [-0.1, -0.05) is 48.0 Å². The van der Waals surface area contributed by atoms with Gasteiger partial charge >= 0.3 is 5.97 Å². The van der Waals surface area contributed by atoms with Gasteiger partial charge in [-0.15, -0.1) is 0 Å². The zero-order chi connectivity index (χ0) is 15.9. The van der Waals surface area contributed by atoms with Crippen LogP contribution in [0.15, 0.2) is 54.6 Å². The van der Waals surface area contributed by atoms with Gasteiger partial charge in [0.05, 0.1) is 11.6 Å². The molecule has 2 aromatic rings. The molecule has 0 aliphatic heterocycles. The summed E-state index contributed by atoms with van der Waals surface area (Å²) in [4.78, 5) is 23.6. The Labute approximate surface area is 134 Å². The SMILES string of the molecule is C[C@H](NC(=O)COC(=O)c1cccc(Cl)c1)c1ccccc1. The molecule has 2 rings (SSSR count). The number of amides is 1. The fourth-order valence-corrected chi connectivity index (χ4v) is 2.13. The van der Waals surface area contributed by atoms with Gasteiger partial charge in [-0.2, -0.15) is 0 Å². The van der Waals surface area contributed by atoms with Gasteiger partial charge in [0.15, 0.2) is 6.61 Å². The predicted octanol–water partition coefficient (Wildman–Crippen LogP) is 3.37.